The first-order valence-electron chi connectivity index (χ1n) is 20.8. The van der Waals surface area contributed by atoms with Gasteiger partial charge in [0.15, 0.2) is 0 Å². The predicted octanol–water partition coefficient (Wildman–Crippen LogP) is 15.4. The topological polar surface area (TPSA) is 26.3 Å². The maximum atomic E-state index is 6.75. The summed E-state index contributed by atoms with van der Waals surface area (Å²) in [5, 5.41) is 7.22. The van der Waals surface area contributed by atoms with Crippen molar-refractivity contribution in [2.45, 2.75) is 31.1 Å². The Kier molecular flexibility index (Phi) is 7.91. The van der Waals surface area contributed by atoms with Crippen LogP contribution < -0.4 is 0 Å². The second-order valence-electron chi connectivity index (χ2n) is 16.3. The molecule has 0 bridgehead atoms. The molecule has 1 aliphatic rings. The highest BCUT2D eigenvalue weighted by molar-refractivity contribution is 6.10. The molecule has 2 heterocycles. The van der Waals surface area contributed by atoms with Gasteiger partial charge in [0.1, 0.15) is 22.3 Å². The zero-order valence-corrected chi connectivity index (χ0v) is 32.6. The number of hydrogen-bond donors (Lipinski definition) is 0. The molecule has 0 spiro atoms. The van der Waals surface area contributed by atoms with Crippen molar-refractivity contribution in [2.75, 3.05) is 0 Å². The van der Waals surface area contributed by atoms with Crippen molar-refractivity contribution in [3.05, 3.63) is 228 Å². The molecule has 0 aliphatic heterocycles. The number of aryl methyl sites for hydroxylation is 1. The lowest BCUT2D eigenvalue weighted by Crippen LogP contribution is -2.13. The van der Waals surface area contributed by atoms with Crippen molar-refractivity contribution in [3.63, 3.8) is 0 Å². The molecule has 2 heteroatoms. The van der Waals surface area contributed by atoms with E-state index in [1.54, 1.807) is 0 Å². The van der Waals surface area contributed by atoms with Crippen LogP contribution in [0.5, 0.6) is 0 Å². The summed E-state index contributed by atoms with van der Waals surface area (Å²) in [7, 11) is 0. The molecule has 0 fully saturated rings. The van der Waals surface area contributed by atoms with Crippen molar-refractivity contribution < 1.29 is 8.83 Å². The first-order valence-corrected chi connectivity index (χ1v) is 20.8. The van der Waals surface area contributed by atoms with Crippen LogP contribution in [0.4, 0.5) is 0 Å². The number of benzene rings is 9. The molecule has 0 saturated carbocycles. The van der Waals surface area contributed by atoms with Gasteiger partial charge in [0.25, 0.3) is 0 Å². The predicted molar refractivity (Wildman–Crippen MR) is 244 cm³/mol. The van der Waals surface area contributed by atoms with Crippen LogP contribution in [-0.4, -0.2) is 0 Å². The fourth-order valence-corrected chi connectivity index (χ4v) is 10.0. The summed E-state index contributed by atoms with van der Waals surface area (Å²) in [4.78, 5) is 0. The SMILES string of the molecule is c1ccc(CCC(c2ccc(-c3cc(C4Cc5cc6ccccc6cc5-c5ccccc54)cc4c3oc3ccccc34)cc2)c2cccc3c2oc2ccccc23)cc1. The van der Waals surface area contributed by atoms with E-state index in [4.69, 9.17) is 8.83 Å². The van der Waals surface area contributed by atoms with Gasteiger partial charge in [-0.3, -0.25) is 0 Å². The third-order valence-electron chi connectivity index (χ3n) is 12.9. The smallest absolute Gasteiger partial charge is 0.143 e. The summed E-state index contributed by atoms with van der Waals surface area (Å²) in [6, 6.07) is 71.0. The maximum Gasteiger partial charge on any atom is 0.143 e. The van der Waals surface area contributed by atoms with E-state index < -0.39 is 0 Å². The summed E-state index contributed by atoms with van der Waals surface area (Å²) in [5.41, 5.74) is 16.7. The highest BCUT2D eigenvalue weighted by Crippen LogP contribution is 2.47. The minimum atomic E-state index is 0.140. The van der Waals surface area contributed by atoms with E-state index in [0.29, 0.717) is 0 Å². The van der Waals surface area contributed by atoms with E-state index in [0.717, 1.165) is 68.9 Å². The highest BCUT2D eigenvalue weighted by Gasteiger charge is 2.28. The largest absolute Gasteiger partial charge is 0.456 e. The summed E-state index contributed by atoms with van der Waals surface area (Å²) in [6.07, 6.45) is 2.86. The van der Waals surface area contributed by atoms with Crippen molar-refractivity contribution in [1.82, 2.24) is 0 Å². The van der Waals surface area contributed by atoms with Gasteiger partial charge in [0, 0.05) is 44.5 Å². The molecule has 2 nitrogen and oxygen atoms in total. The Morgan fingerprint density at radius 1 is 0.475 bits per heavy atom. The molecule has 0 saturated heterocycles. The Morgan fingerprint density at radius 3 is 1.95 bits per heavy atom. The molecule has 2 unspecified atom stereocenters. The summed E-state index contributed by atoms with van der Waals surface area (Å²) in [6.45, 7) is 0. The van der Waals surface area contributed by atoms with Crippen molar-refractivity contribution in [2.24, 2.45) is 0 Å². The van der Waals surface area contributed by atoms with E-state index in [-0.39, 0.29) is 11.8 Å². The molecule has 2 atom stereocenters. The summed E-state index contributed by atoms with van der Waals surface area (Å²) < 4.78 is 13.4. The van der Waals surface area contributed by atoms with Gasteiger partial charge in [0.2, 0.25) is 0 Å². The van der Waals surface area contributed by atoms with Crippen LogP contribution in [0.2, 0.25) is 0 Å². The third kappa shape index (κ3) is 5.70. The second-order valence-corrected chi connectivity index (χ2v) is 16.3. The molecule has 11 aromatic rings. The van der Waals surface area contributed by atoms with Crippen LogP contribution in [0.15, 0.2) is 203 Å². The van der Waals surface area contributed by atoms with Crippen molar-refractivity contribution >= 4 is 54.6 Å². The fourth-order valence-electron chi connectivity index (χ4n) is 10.0. The number of para-hydroxylation sites is 3. The summed E-state index contributed by atoms with van der Waals surface area (Å²) >= 11 is 0. The van der Waals surface area contributed by atoms with Crippen LogP contribution in [0.1, 0.15) is 51.6 Å². The molecule has 2 aromatic heterocycles. The minimum Gasteiger partial charge on any atom is -0.456 e. The van der Waals surface area contributed by atoms with E-state index >= 15 is 0 Å². The lowest BCUT2D eigenvalue weighted by atomic mass is 9.74. The zero-order chi connectivity index (χ0) is 38.9. The normalized spacial score (nSPS) is 14.3. The van der Waals surface area contributed by atoms with Crippen LogP contribution in [0.25, 0.3) is 76.9 Å². The van der Waals surface area contributed by atoms with E-state index in [9.17, 15) is 0 Å². The average Bonchev–Trinajstić information content (AvgIpc) is 3.88. The van der Waals surface area contributed by atoms with Gasteiger partial charge in [0.05, 0.1) is 0 Å². The Morgan fingerprint density at radius 2 is 1.14 bits per heavy atom. The van der Waals surface area contributed by atoms with Gasteiger partial charge in [-0.1, -0.05) is 164 Å². The average molecular weight is 757 g/mol. The van der Waals surface area contributed by atoms with E-state index in [1.165, 1.54) is 60.7 Å². The molecular formula is C57H40O2. The molecule has 1 aliphatic carbocycles. The molecule has 9 aromatic carbocycles. The van der Waals surface area contributed by atoms with Crippen molar-refractivity contribution in [3.8, 4) is 22.3 Å². The third-order valence-corrected chi connectivity index (χ3v) is 12.9. The lowest BCUT2D eigenvalue weighted by molar-refractivity contribution is 0.645. The Labute approximate surface area is 343 Å². The zero-order valence-electron chi connectivity index (χ0n) is 32.6. The second kappa shape index (κ2) is 13.7. The van der Waals surface area contributed by atoms with E-state index in [2.05, 4.69) is 194 Å². The monoisotopic (exact) mass is 756 g/mol. The van der Waals surface area contributed by atoms with Gasteiger partial charge in [-0.2, -0.15) is 0 Å². The van der Waals surface area contributed by atoms with Crippen LogP contribution in [-0.2, 0) is 12.8 Å². The number of fused-ring (bicyclic) bond motifs is 10. The quantitative estimate of drug-likeness (QED) is 0.162. The first kappa shape index (κ1) is 33.9. The standard InChI is InChI=1S/C57H40O2/c1-2-13-36(14-3-1)25-30-43(48-21-12-22-49-46-19-8-10-23-54(46)58-56(48)49)37-26-28-38(29-27-37)52-34-42(35-53-47-20-9-11-24-55(47)59-57(52)53)51-33-41-31-39-15-4-5-16-40(39)32-50(41)44-17-6-7-18-45(44)51/h1-24,26-29,31-32,34-35,43,51H,25,30,33H2. The Balaban J connectivity index is 0.994. The number of furan rings is 2. The molecule has 12 rings (SSSR count). The summed E-state index contributed by atoms with van der Waals surface area (Å²) in [5.74, 6) is 0.337. The molecule has 0 amide bonds. The van der Waals surface area contributed by atoms with Crippen molar-refractivity contribution in [1.29, 1.82) is 0 Å². The van der Waals surface area contributed by atoms with Gasteiger partial charge >= 0.3 is 0 Å². The van der Waals surface area contributed by atoms with Crippen LogP contribution in [0, 0.1) is 0 Å². The first-order chi connectivity index (χ1) is 29.2. The van der Waals surface area contributed by atoms with Gasteiger partial charge < -0.3 is 8.83 Å². The number of hydrogen-bond acceptors (Lipinski definition) is 2. The Hall–Kier alpha value is -7.16. The van der Waals surface area contributed by atoms with Crippen LogP contribution >= 0.6 is 0 Å². The molecule has 280 valence electrons. The molecule has 0 N–H and O–H groups in total. The molecular weight excluding hydrogens is 717 g/mol. The van der Waals surface area contributed by atoms with Gasteiger partial charge in [-0.15, -0.1) is 0 Å². The number of rotatable bonds is 7. The van der Waals surface area contributed by atoms with E-state index in [1.807, 2.05) is 0 Å². The van der Waals surface area contributed by atoms with Gasteiger partial charge in [-0.25, -0.2) is 0 Å². The highest BCUT2D eigenvalue weighted by atomic mass is 16.3. The van der Waals surface area contributed by atoms with Crippen LogP contribution in [0.3, 0.4) is 0 Å². The molecule has 0 radical (unpaired) electrons. The molecule has 59 heavy (non-hydrogen) atoms. The fraction of sp³-hybridized carbons (Fsp3) is 0.0877. The van der Waals surface area contributed by atoms with Gasteiger partial charge in [-0.05, 0) is 105 Å². The Bertz CT molecular complexity index is 3360. The maximum absolute atomic E-state index is 6.75. The minimum absolute atomic E-state index is 0.140. The lowest BCUT2D eigenvalue weighted by Gasteiger charge is -2.29.